The predicted octanol–water partition coefficient (Wildman–Crippen LogP) is 1.77. The third-order valence-electron chi connectivity index (χ3n) is 3.75. The average Bonchev–Trinajstić information content (AvgIpc) is 2.64. The monoisotopic (exact) mass is 374 g/mol. The van der Waals surface area contributed by atoms with Crippen LogP contribution < -0.4 is 15.4 Å². The molecule has 0 aliphatic carbocycles. The molecule has 1 aliphatic rings. The molecule has 0 radical (unpaired) electrons. The molecule has 0 fully saturated rings. The lowest BCUT2D eigenvalue weighted by atomic mass is 10.0. The Morgan fingerprint density at radius 1 is 1.19 bits per heavy atom. The van der Waals surface area contributed by atoms with Gasteiger partial charge in [0.2, 0.25) is 0 Å². The lowest BCUT2D eigenvalue weighted by Crippen LogP contribution is -2.50. The zero-order chi connectivity index (χ0) is 19.8. The Hall–Kier alpha value is -3.29. The highest BCUT2D eigenvalue weighted by molar-refractivity contribution is 5.95. The number of methoxy groups -OCH3 is 1. The molecular weight excluding hydrogens is 352 g/mol. The number of ether oxygens (including phenoxy) is 3. The summed E-state index contributed by atoms with van der Waals surface area (Å²) in [5.74, 6) is -0.469. The van der Waals surface area contributed by atoms with Gasteiger partial charge in [0.25, 0.3) is 0 Å². The van der Waals surface area contributed by atoms with Crippen molar-refractivity contribution in [3.05, 3.63) is 47.2 Å². The summed E-state index contributed by atoms with van der Waals surface area (Å²) in [5.41, 5.74) is 1.22. The van der Waals surface area contributed by atoms with E-state index in [0.717, 1.165) is 5.56 Å². The summed E-state index contributed by atoms with van der Waals surface area (Å²) in [6.45, 7) is 3.27. The Morgan fingerprint density at radius 3 is 2.52 bits per heavy atom. The lowest BCUT2D eigenvalue weighted by Gasteiger charge is -2.26. The van der Waals surface area contributed by atoms with Crippen LogP contribution in [0.25, 0.3) is 6.08 Å². The number of nitrogens with one attached hydrogen (secondary N) is 2. The Kier molecular flexibility index (Phi) is 6.99. The van der Waals surface area contributed by atoms with Gasteiger partial charge in [-0.1, -0.05) is 12.1 Å². The van der Waals surface area contributed by atoms with Crippen molar-refractivity contribution < 1.29 is 28.6 Å². The molecule has 1 aromatic carbocycles. The van der Waals surface area contributed by atoms with Crippen molar-refractivity contribution in [2.24, 2.45) is 0 Å². The van der Waals surface area contributed by atoms with Gasteiger partial charge in [-0.2, -0.15) is 0 Å². The molecule has 0 aromatic heterocycles. The molecule has 1 atom stereocenters. The summed E-state index contributed by atoms with van der Waals surface area (Å²) in [5, 5.41) is 5.06. The first-order chi connectivity index (χ1) is 12.9. The van der Waals surface area contributed by atoms with Gasteiger partial charge in [-0.05, 0) is 37.6 Å². The largest absolute Gasteiger partial charge is 0.497 e. The third kappa shape index (κ3) is 5.60. The molecular formula is C19H22N2O6. The van der Waals surface area contributed by atoms with E-state index in [0.29, 0.717) is 5.75 Å². The number of amides is 2. The first kappa shape index (κ1) is 20.0. The first-order valence-electron chi connectivity index (χ1n) is 8.41. The van der Waals surface area contributed by atoms with Gasteiger partial charge in [0.1, 0.15) is 12.4 Å². The molecule has 1 unspecified atom stereocenters. The SMILES string of the molecule is CCOC(=O)C1=C(COC(=O)C=Cc2ccc(OC)cc2)NC(=O)NC1C. The molecule has 0 spiro atoms. The predicted molar refractivity (Wildman–Crippen MR) is 97.8 cm³/mol. The van der Waals surface area contributed by atoms with Crippen molar-refractivity contribution >= 4 is 24.0 Å². The van der Waals surface area contributed by atoms with Crippen LogP contribution in [-0.2, 0) is 19.1 Å². The van der Waals surface area contributed by atoms with E-state index in [1.165, 1.54) is 6.08 Å². The molecule has 0 saturated heterocycles. The van der Waals surface area contributed by atoms with Crippen LogP contribution in [0.4, 0.5) is 4.79 Å². The Bertz CT molecular complexity index is 767. The number of esters is 2. The number of urea groups is 1. The third-order valence-corrected chi connectivity index (χ3v) is 3.75. The number of carbonyl (C=O) groups excluding carboxylic acids is 3. The van der Waals surface area contributed by atoms with Crippen LogP contribution in [0, 0.1) is 0 Å². The van der Waals surface area contributed by atoms with E-state index in [9.17, 15) is 14.4 Å². The lowest BCUT2D eigenvalue weighted by molar-refractivity contribution is -0.140. The fourth-order valence-corrected chi connectivity index (χ4v) is 2.46. The van der Waals surface area contributed by atoms with Crippen LogP contribution in [0.1, 0.15) is 19.4 Å². The van der Waals surface area contributed by atoms with Gasteiger partial charge in [0, 0.05) is 6.08 Å². The van der Waals surface area contributed by atoms with Crippen LogP contribution in [0.15, 0.2) is 41.6 Å². The molecule has 1 aliphatic heterocycles. The number of rotatable bonds is 7. The fraction of sp³-hybridized carbons (Fsp3) is 0.316. The highest BCUT2D eigenvalue weighted by Gasteiger charge is 2.30. The Morgan fingerprint density at radius 2 is 1.89 bits per heavy atom. The molecule has 27 heavy (non-hydrogen) atoms. The molecule has 8 heteroatoms. The van der Waals surface area contributed by atoms with Crippen LogP contribution in [0.3, 0.4) is 0 Å². The number of hydrogen-bond donors (Lipinski definition) is 2. The Labute approximate surface area is 157 Å². The van der Waals surface area contributed by atoms with Crippen LogP contribution >= 0.6 is 0 Å². The van der Waals surface area contributed by atoms with Gasteiger partial charge < -0.3 is 24.8 Å². The van der Waals surface area contributed by atoms with Gasteiger partial charge in [-0.15, -0.1) is 0 Å². The fourth-order valence-electron chi connectivity index (χ4n) is 2.46. The van der Waals surface area contributed by atoms with E-state index in [4.69, 9.17) is 14.2 Å². The van der Waals surface area contributed by atoms with Crippen molar-refractivity contribution in [3.8, 4) is 5.75 Å². The summed E-state index contributed by atoms with van der Waals surface area (Å²) < 4.78 is 15.2. The van der Waals surface area contributed by atoms with Crippen molar-refractivity contribution in [2.75, 3.05) is 20.3 Å². The van der Waals surface area contributed by atoms with Crippen LogP contribution in [0.5, 0.6) is 5.75 Å². The molecule has 2 rings (SSSR count). The van der Waals surface area contributed by atoms with Crippen molar-refractivity contribution in [2.45, 2.75) is 19.9 Å². The maximum Gasteiger partial charge on any atom is 0.338 e. The second-order valence-corrected chi connectivity index (χ2v) is 5.65. The molecule has 0 bridgehead atoms. The van der Waals surface area contributed by atoms with Gasteiger partial charge in [-0.25, -0.2) is 14.4 Å². The molecule has 144 valence electrons. The van der Waals surface area contributed by atoms with Gasteiger partial charge in [0.05, 0.1) is 31.0 Å². The average molecular weight is 374 g/mol. The number of hydrogen-bond acceptors (Lipinski definition) is 6. The molecule has 1 heterocycles. The van der Waals surface area contributed by atoms with E-state index in [1.807, 2.05) is 0 Å². The second-order valence-electron chi connectivity index (χ2n) is 5.65. The van der Waals surface area contributed by atoms with Crippen molar-refractivity contribution in [1.82, 2.24) is 10.6 Å². The zero-order valence-corrected chi connectivity index (χ0v) is 15.4. The molecule has 8 nitrogen and oxygen atoms in total. The smallest absolute Gasteiger partial charge is 0.338 e. The van der Waals surface area contributed by atoms with Crippen molar-refractivity contribution in [3.63, 3.8) is 0 Å². The standard InChI is InChI=1S/C19H22N2O6/c1-4-26-18(23)17-12(2)20-19(24)21-15(17)11-27-16(22)10-7-13-5-8-14(25-3)9-6-13/h5-10,12H,4,11H2,1-3H3,(H2,20,21,24). The van der Waals surface area contributed by atoms with E-state index in [1.54, 1.807) is 51.3 Å². The minimum Gasteiger partial charge on any atom is -0.497 e. The molecule has 0 saturated carbocycles. The van der Waals surface area contributed by atoms with E-state index < -0.39 is 24.0 Å². The maximum atomic E-state index is 12.1. The number of carbonyl (C=O) groups is 3. The summed E-state index contributed by atoms with van der Waals surface area (Å²) in [4.78, 5) is 35.7. The summed E-state index contributed by atoms with van der Waals surface area (Å²) in [6.07, 6.45) is 2.85. The van der Waals surface area contributed by atoms with Crippen LogP contribution in [-0.4, -0.2) is 44.3 Å². The molecule has 2 N–H and O–H groups in total. The van der Waals surface area contributed by atoms with E-state index in [-0.39, 0.29) is 24.5 Å². The van der Waals surface area contributed by atoms with Gasteiger partial charge in [0.15, 0.2) is 0 Å². The minimum absolute atomic E-state index is 0.195. The van der Waals surface area contributed by atoms with E-state index in [2.05, 4.69) is 10.6 Å². The second kappa shape index (κ2) is 9.42. The summed E-state index contributed by atoms with van der Waals surface area (Å²) >= 11 is 0. The Balaban J connectivity index is 2.03. The first-order valence-corrected chi connectivity index (χ1v) is 8.41. The topological polar surface area (TPSA) is 103 Å². The minimum atomic E-state index is -0.609. The normalized spacial score (nSPS) is 16.6. The van der Waals surface area contributed by atoms with E-state index >= 15 is 0 Å². The summed E-state index contributed by atoms with van der Waals surface area (Å²) in [7, 11) is 1.57. The van der Waals surface area contributed by atoms with Gasteiger partial charge >= 0.3 is 18.0 Å². The highest BCUT2D eigenvalue weighted by Crippen LogP contribution is 2.15. The molecule has 1 aromatic rings. The zero-order valence-electron chi connectivity index (χ0n) is 15.4. The highest BCUT2D eigenvalue weighted by atomic mass is 16.5. The van der Waals surface area contributed by atoms with Crippen LogP contribution in [0.2, 0.25) is 0 Å². The number of benzene rings is 1. The molecule has 2 amide bonds. The van der Waals surface area contributed by atoms with Crippen molar-refractivity contribution in [1.29, 1.82) is 0 Å². The summed E-state index contributed by atoms with van der Waals surface area (Å²) in [6, 6.07) is 6.09. The van der Waals surface area contributed by atoms with Gasteiger partial charge in [-0.3, -0.25) is 0 Å². The quantitative estimate of drug-likeness (QED) is 0.557. The maximum absolute atomic E-state index is 12.1.